The molecular formula is C14H34O6SSi2. The molecular weight excluding hydrogens is 352 g/mol. The highest BCUT2D eigenvalue weighted by molar-refractivity contribution is 8.11. The van der Waals surface area contributed by atoms with Crippen LogP contribution >= 0.6 is 12.1 Å². The largest absolute Gasteiger partial charge is 0.570 e. The molecule has 0 saturated carbocycles. The smallest absolute Gasteiger partial charge is 0.374 e. The highest BCUT2D eigenvalue weighted by Crippen LogP contribution is 2.20. The molecule has 0 spiro atoms. The SMILES string of the molecule is CCO[Si](S)(OCC)OCCCC[Si](OCC)(OCC)OCC. The van der Waals surface area contributed by atoms with Gasteiger partial charge >= 0.3 is 16.8 Å². The zero-order valence-corrected chi connectivity index (χ0v) is 18.2. The molecule has 0 unspecified atom stereocenters. The summed E-state index contributed by atoms with van der Waals surface area (Å²) in [5, 5.41) is 0. The van der Waals surface area contributed by atoms with Crippen molar-refractivity contribution in [2.24, 2.45) is 0 Å². The molecule has 0 bridgehead atoms. The van der Waals surface area contributed by atoms with Gasteiger partial charge in [-0.25, -0.2) is 0 Å². The Kier molecular flexibility index (Phi) is 14.1. The Labute approximate surface area is 148 Å². The van der Waals surface area contributed by atoms with E-state index < -0.39 is 16.8 Å². The second-order valence-electron chi connectivity index (χ2n) is 4.68. The van der Waals surface area contributed by atoms with E-state index >= 15 is 0 Å². The Morgan fingerprint density at radius 2 is 1.04 bits per heavy atom. The average molecular weight is 387 g/mol. The van der Waals surface area contributed by atoms with Crippen LogP contribution in [0.2, 0.25) is 6.04 Å². The summed E-state index contributed by atoms with van der Waals surface area (Å²) in [6.07, 6.45) is 1.76. The summed E-state index contributed by atoms with van der Waals surface area (Å²) in [7, 11) is -5.33. The van der Waals surface area contributed by atoms with Gasteiger partial charge in [-0.1, -0.05) is 0 Å². The normalized spacial score (nSPS) is 12.8. The predicted molar refractivity (Wildman–Crippen MR) is 98.6 cm³/mol. The van der Waals surface area contributed by atoms with Crippen LogP contribution in [0.5, 0.6) is 0 Å². The molecule has 0 aromatic heterocycles. The molecule has 0 amide bonds. The Bertz CT molecular complexity index is 263. The summed E-state index contributed by atoms with van der Waals surface area (Å²) in [5.74, 6) is 0. The third-order valence-electron chi connectivity index (χ3n) is 2.91. The van der Waals surface area contributed by atoms with E-state index in [9.17, 15) is 0 Å². The molecule has 0 aromatic rings. The highest BCUT2D eigenvalue weighted by atomic mass is 32.3. The van der Waals surface area contributed by atoms with E-state index in [2.05, 4.69) is 12.1 Å². The first kappa shape index (κ1) is 23.5. The fraction of sp³-hybridized carbons (Fsp3) is 1.00. The van der Waals surface area contributed by atoms with Gasteiger partial charge in [0.15, 0.2) is 0 Å². The zero-order chi connectivity index (χ0) is 17.6. The molecule has 23 heavy (non-hydrogen) atoms. The summed E-state index contributed by atoms with van der Waals surface area (Å²) in [4.78, 5) is 0. The van der Waals surface area contributed by atoms with Crippen molar-refractivity contribution in [1.29, 1.82) is 0 Å². The molecule has 0 aliphatic rings. The molecule has 0 aromatic carbocycles. The van der Waals surface area contributed by atoms with Crippen molar-refractivity contribution >= 4 is 28.8 Å². The minimum Gasteiger partial charge on any atom is -0.374 e. The van der Waals surface area contributed by atoms with Crippen LogP contribution in [0.25, 0.3) is 0 Å². The van der Waals surface area contributed by atoms with Gasteiger partial charge in [0.25, 0.3) is 0 Å². The van der Waals surface area contributed by atoms with Gasteiger partial charge in [-0.05, 0) is 47.5 Å². The van der Waals surface area contributed by atoms with Crippen molar-refractivity contribution in [3.63, 3.8) is 0 Å². The number of hydrogen-bond acceptors (Lipinski definition) is 7. The molecule has 0 saturated heterocycles. The molecule has 0 radical (unpaired) electrons. The van der Waals surface area contributed by atoms with E-state index in [1.54, 1.807) is 0 Å². The van der Waals surface area contributed by atoms with Crippen molar-refractivity contribution in [1.82, 2.24) is 0 Å². The Morgan fingerprint density at radius 1 is 0.609 bits per heavy atom. The summed E-state index contributed by atoms with van der Waals surface area (Å²) in [6.45, 7) is 13.1. The molecule has 140 valence electrons. The third-order valence-corrected chi connectivity index (χ3v) is 9.10. The predicted octanol–water partition coefficient (Wildman–Crippen LogP) is 3.27. The number of unbranched alkanes of at least 4 members (excludes halogenated alkanes) is 1. The van der Waals surface area contributed by atoms with Crippen LogP contribution < -0.4 is 0 Å². The lowest BCUT2D eigenvalue weighted by molar-refractivity contribution is 0.0692. The van der Waals surface area contributed by atoms with Crippen LogP contribution in [-0.2, 0) is 26.6 Å². The molecule has 0 aliphatic carbocycles. The van der Waals surface area contributed by atoms with E-state index in [-0.39, 0.29) is 0 Å². The van der Waals surface area contributed by atoms with Crippen LogP contribution in [-0.4, -0.2) is 56.4 Å². The lowest BCUT2D eigenvalue weighted by Crippen LogP contribution is -2.46. The van der Waals surface area contributed by atoms with Crippen LogP contribution in [0.15, 0.2) is 0 Å². The first-order chi connectivity index (χ1) is 11.0. The van der Waals surface area contributed by atoms with Crippen molar-refractivity contribution < 1.29 is 26.6 Å². The van der Waals surface area contributed by atoms with Gasteiger partial charge in [-0.2, -0.15) is 0 Å². The summed E-state index contributed by atoms with van der Waals surface area (Å²) in [5.41, 5.74) is 0. The van der Waals surface area contributed by atoms with Gasteiger partial charge in [0.05, 0.1) is 0 Å². The van der Waals surface area contributed by atoms with E-state index in [1.165, 1.54) is 0 Å². The molecule has 6 nitrogen and oxygen atoms in total. The first-order valence-corrected chi connectivity index (χ1v) is 13.5. The Hall–Kier alpha value is 0.544. The minimum atomic E-state index is -2.78. The van der Waals surface area contributed by atoms with Crippen LogP contribution in [0.4, 0.5) is 0 Å². The van der Waals surface area contributed by atoms with Crippen molar-refractivity contribution in [3.8, 4) is 0 Å². The monoisotopic (exact) mass is 386 g/mol. The maximum atomic E-state index is 5.83. The Balaban J connectivity index is 4.27. The van der Waals surface area contributed by atoms with E-state index in [0.717, 1.165) is 18.9 Å². The second kappa shape index (κ2) is 13.8. The lowest BCUT2D eigenvalue weighted by Gasteiger charge is -2.28. The van der Waals surface area contributed by atoms with Crippen molar-refractivity contribution in [2.75, 3.05) is 39.6 Å². The minimum absolute atomic E-state index is 0.533. The van der Waals surface area contributed by atoms with E-state index in [1.807, 2.05) is 34.6 Å². The second-order valence-corrected chi connectivity index (χ2v) is 11.0. The number of hydrogen-bond donors (Lipinski definition) is 1. The molecule has 0 heterocycles. The van der Waals surface area contributed by atoms with E-state index in [0.29, 0.717) is 39.6 Å². The van der Waals surface area contributed by atoms with Gasteiger partial charge in [-0.3, -0.25) is 0 Å². The van der Waals surface area contributed by atoms with Gasteiger partial charge in [0.2, 0.25) is 0 Å². The standard InChI is InChI=1S/C14H34O6SSi2/c1-6-15-22(16-7-2,17-8-3)14-12-11-13-20-23(21,18-9-4)19-10-5/h21H,6-14H2,1-5H3. The highest BCUT2D eigenvalue weighted by Gasteiger charge is 2.40. The zero-order valence-electron chi connectivity index (χ0n) is 15.3. The molecule has 0 N–H and O–H groups in total. The molecule has 0 rings (SSSR count). The maximum absolute atomic E-state index is 5.83. The number of rotatable bonds is 16. The van der Waals surface area contributed by atoms with Crippen LogP contribution in [0, 0.1) is 0 Å². The van der Waals surface area contributed by atoms with Crippen molar-refractivity contribution in [3.05, 3.63) is 0 Å². The van der Waals surface area contributed by atoms with Gasteiger partial charge in [0, 0.05) is 45.7 Å². The molecule has 9 heteroatoms. The third kappa shape index (κ3) is 10.2. The lowest BCUT2D eigenvalue weighted by atomic mass is 10.4. The molecule has 0 aliphatic heterocycles. The van der Waals surface area contributed by atoms with Crippen LogP contribution in [0.3, 0.4) is 0 Å². The van der Waals surface area contributed by atoms with Crippen LogP contribution in [0.1, 0.15) is 47.5 Å². The summed E-state index contributed by atoms with van der Waals surface area (Å²) >= 11 is 4.45. The molecule has 0 atom stereocenters. The van der Waals surface area contributed by atoms with Gasteiger partial charge in [0.1, 0.15) is 0 Å². The fourth-order valence-corrected chi connectivity index (χ4v) is 7.25. The summed E-state index contributed by atoms with van der Waals surface area (Å²) in [6, 6.07) is 0.788. The fourth-order valence-electron chi connectivity index (χ4n) is 2.14. The van der Waals surface area contributed by atoms with Gasteiger partial charge < -0.3 is 26.6 Å². The number of thiol groups is 1. The topological polar surface area (TPSA) is 55.4 Å². The first-order valence-electron chi connectivity index (χ1n) is 8.57. The average Bonchev–Trinajstić information content (AvgIpc) is 2.48. The van der Waals surface area contributed by atoms with E-state index in [4.69, 9.17) is 26.6 Å². The van der Waals surface area contributed by atoms with Crippen molar-refractivity contribution in [2.45, 2.75) is 53.5 Å². The quantitative estimate of drug-likeness (QED) is 0.250. The summed E-state index contributed by atoms with van der Waals surface area (Å²) < 4.78 is 34.3. The van der Waals surface area contributed by atoms with Gasteiger partial charge in [-0.15, -0.1) is 12.1 Å². The Morgan fingerprint density at radius 3 is 1.43 bits per heavy atom. The maximum Gasteiger partial charge on any atom is 0.570 e. The molecule has 0 fully saturated rings.